The van der Waals surface area contributed by atoms with Crippen LogP contribution >= 0.6 is 23.1 Å². The summed E-state index contributed by atoms with van der Waals surface area (Å²) in [4.78, 5) is 16.2. The number of nitrogens with two attached hydrogens (primary N) is 1. The summed E-state index contributed by atoms with van der Waals surface area (Å²) >= 11 is 2.56. The maximum Gasteiger partial charge on any atom is 0.264 e. The highest BCUT2D eigenvalue weighted by Gasteiger charge is 2.13. The van der Waals surface area contributed by atoms with Crippen molar-refractivity contribution in [2.75, 3.05) is 22.3 Å². The Labute approximate surface area is 170 Å². The molecule has 1 amide bonds. The van der Waals surface area contributed by atoms with Gasteiger partial charge in [0.15, 0.2) is 5.13 Å². The van der Waals surface area contributed by atoms with Crippen molar-refractivity contribution in [2.45, 2.75) is 25.4 Å². The maximum atomic E-state index is 12.0. The number of carbonyl (C=O) groups is 1. The number of aryl methyl sites for hydroxylation is 1. The van der Waals surface area contributed by atoms with Crippen LogP contribution in [0.2, 0.25) is 0 Å². The summed E-state index contributed by atoms with van der Waals surface area (Å²) in [7, 11) is 0. The summed E-state index contributed by atoms with van der Waals surface area (Å²) in [6.45, 7) is 3.89. The molecule has 0 saturated heterocycles. The van der Waals surface area contributed by atoms with Gasteiger partial charge in [-0.15, -0.1) is 21.5 Å². The molecule has 3 aromatic rings. The topological polar surface area (TPSA) is 123 Å². The van der Waals surface area contributed by atoms with Crippen molar-refractivity contribution in [3.05, 3.63) is 47.0 Å². The number of nitrogen functional groups attached to an aromatic ring is 1. The Bertz CT molecular complexity index is 967. The van der Waals surface area contributed by atoms with Gasteiger partial charge in [0.05, 0.1) is 17.2 Å². The lowest BCUT2D eigenvalue weighted by Gasteiger charge is -2.06. The van der Waals surface area contributed by atoms with Gasteiger partial charge in [0.1, 0.15) is 0 Å². The minimum atomic E-state index is -0.188. The first-order valence-corrected chi connectivity index (χ1v) is 10.4. The molecule has 1 aromatic carbocycles. The SMILES string of the molecule is CC/C(=N\Nc1nnc(SCC(=O)Nc2nc(C)cs2)n1N)c1ccccc1. The van der Waals surface area contributed by atoms with E-state index in [9.17, 15) is 4.79 Å². The van der Waals surface area contributed by atoms with E-state index in [1.54, 1.807) is 0 Å². The average molecular weight is 417 g/mol. The molecule has 0 bridgehead atoms. The third-order valence-electron chi connectivity index (χ3n) is 3.60. The Morgan fingerprint density at radius 3 is 2.79 bits per heavy atom. The number of aromatic nitrogens is 4. The van der Waals surface area contributed by atoms with E-state index >= 15 is 0 Å². The fraction of sp³-hybridized carbons (Fsp3) is 0.235. The molecule has 0 fully saturated rings. The van der Waals surface area contributed by atoms with Crippen molar-refractivity contribution in [2.24, 2.45) is 5.10 Å². The van der Waals surface area contributed by atoms with Crippen LogP contribution in [0.1, 0.15) is 24.6 Å². The quantitative estimate of drug-likeness (QED) is 0.223. The summed E-state index contributed by atoms with van der Waals surface area (Å²) in [6.07, 6.45) is 0.744. The van der Waals surface area contributed by atoms with Crippen molar-refractivity contribution >= 4 is 45.8 Å². The van der Waals surface area contributed by atoms with Gasteiger partial charge in [-0.25, -0.2) is 15.1 Å². The molecule has 3 rings (SSSR count). The van der Waals surface area contributed by atoms with Crippen LogP contribution in [0.25, 0.3) is 0 Å². The minimum absolute atomic E-state index is 0.140. The highest BCUT2D eigenvalue weighted by molar-refractivity contribution is 7.99. The summed E-state index contributed by atoms with van der Waals surface area (Å²) in [5.74, 6) is 6.25. The predicted molar refractivity (Wildman–Crippen MR) is 113 cm³/mol. The molecule has 0 atom stereocenters. The number of anilines is 2. The number of carbonyl (C=O) groups excluding carboxylic acids is 1. The predicted octanol–water partition coefficient (Wildman–Crippen LogP) is 2.71. The largest absolute Gasteiger partial charge is 0.334 e. The summed E-state index contributed by atoms with van der Waals surface area (Å²) in [6, 6.07) is 9.84. The van der Waals surface area contributed by atoms with Crippen molar-refractivity contribution < 1.29 is 4.79 Å². The number of amides is 1. The molecule has 0 radical (unpaired) electrons. The second-order valence-corrected chi connectivity index (χ2v) is 7.50. The maximum absolute atomic E-state index is 12.0. The molecule has 28 heavy (non-hydrogen) atoms. The molecule has 0 saturated carbocycles. The standard InChI is InChI=1S/C17H20N8OS2/c1-3-13(12-7-5-4-6-8-12)21-22-15-23-24-17(25(15)18)28-10-14(26)20-16-19-11(2)9-27-16/h4-9H,3,10,18H2,1-2H3,(H,22,23)(H,19,20,26)/b21-13+. The van der Waals surface area contributed by atoms with Gasteiger partial charge in [0.25, 0.3) is 5.95 Å². The van der Waals surface area contributed by atoms with Gasteiger partial charge in [0.2, 0.25) is 11.1 Å². The van der Waals surface area contributed by atoms with Gasteiger partial charge < -0.3 is 11.2 Å². The fourth-order valence-electron chi connectivity index (χ4n) is 2.24. The monoisotopic (exact) mass is 416 g/mol. The molecule has 2 aromatic heterocycles. The molecule has 0 aliphatic heterocycles. The van der Waals surface area contributed by atoms with E-state index in [1.165, 1.54) is 27.8 Å². The van der Waals surface area contributed by atoms with Crippen LogP contribution in [-0.2, 0) is 4.79 Å². The van der Waals surface area contributed by atoms with Crippen LogP contribution in [0.3, 0.4) is 0 Å². The summed E-state index contributed by atoms with van der Waals surface area (Å²) in [5, 5.41) is 18.0. The van der Waals surface area contributed by atoms with E-state index in [0.717, 1.165) is 23.4 Å². The molecular weight excluding hydrogens is 396 g/mol. The Morgan fingerprint density at radius 2 is 2.11 bits per heavy atom. The number of rotatable bonds is 8. The van der Waals surface area contributed by atoms with Gasteiger partial charge in [-0.05, 0) is 18.9 Å². The van der Waals surface area contributed by atoms with Crippen molar-refractivity contribution in [3.8, 4) is 0 Å². The normalized spacial score (nSPS) is 11.4. The van der Waals surface area contributed by atoms with Crippen molar-refractivity contribution in [1.29, 1.82) is 0 Å². The summed E-state index contributed by atoms with van der Waals surface area (Å²) in [5.41, 5.74) is 5.60. The van der Waals surface area contributed by atoms with Crippen molar-refractivity contribution in [1.82, 2.24) is 19.9 Å². The van der Waals surface area contributed by atoms with Crippen LogP contribution in [0.4, 0.5) is 11.1 Å². The zero-order chi connectivity index (χ0) is 19.9. The van der Waals surface area contributed by atoms with Gasteiger partial charge in [-0.2, -0.15) is 5.10 Å². The number of nitrogens with one attached hydrogen (secondary N) is 2. The first-order chi connectivity index (χ1) is 13.6. The van der Waals surface area contributed by atoms with E-state index in [-0.39, 0.29) is 11.7 Å². The average Bonchev–Trinajstić information content (AvgIpc) is 3.27. The smallest absolute Gasteiger partial charge is 0.264 e. The van der Waals surface area contributed by atoms with Gasteiger partial charge in [-0.3, -0.25) is 4.79 Å². The van der Waals surface area contributed by atoms with E-state index in [4.69, 9.17) is 5.84 Å². The number of nitrogens with zero attached hydrogens (tertiary/aromatic N) is 5. The highest BCUT2D eigenvalue weighted by Crippen LogP contribution is 2.19. The number of benzene rings is 1. The molecular formula is C17H20N8OS2. The lowest BCUT2D eigenvalue weighted by Crippen LogP contribution is -2.17. The second-order valence-electron chi connectivity index (χ2n) is 5.70. The molecule has 146 valence electrons. The van der Waals surface area contributed by atoms with E-state index in [0.29, 0.717) is 16.2 Å². The zero-order valence-corrected chi connectivity index (χ0v) is 17.0. The van der Waals surface area contributed by atoms with E-state index in [2.05, 4.69) is 31.0 Å². The molecule has 0 aliphatic carbocycles. The molecule has 11 heteroatoms. The Morgan fingerprint density at radius 1 is 1.32 bits per heavy atom. The molecule has 0 spiro atoms. The minimum Gasteiger partial charge on any atom is -0.334 e. The Balaban J connectivity index is 1.59. The number of thiazole rings is 1. The third kappa shape index (κ3) is 5.08. The van der Waals surface area contributed by atoms with Gasteiger partial charge >= 0.3 is 0 Å². The number of hydrogen-bond acceptors (Lipinski definition) is 9. The molecule has 4 N–H and O–H groups in total. The summed E-state index contributed by atoms with van der Waals surface area (Å²) < 4.78 is 1.27. The van der Waals surface area contributed by atoms with Crippen LogP contribution in [0, 0.1) is 6.92 Å². The molecule has 2 heterocycles. The number of thioether (sulfide) groups is 1. The first kappa shape index (κ1) is 19.8. The van der Waals surface area contributed by atoms with E-state index in [1.807, 2.05) is 49.6 Å². The van der Waals surface area contributed by atoms with Gasteiger partial charge in [0, 0.05) is 5.38 Å². The Hall–Kier alpha value is -2.92. The van der Waals surface area contributed by atoms with Crippen LogP contribution < -0.4 is 16.6 Å². The Kier molecular flexibility index (Phi) is 6.61. The number of hydrazone groups is 1. The van der Waals surface area contributed by atoms with Crippen LogP contribution in [0.5, 0.6) is 0 Å². The van der Waals surface area contributed by atoms with Crippen LogP contribution in [-0.4, -0.2) is 37.2 Å². The lowest BCUT2D eigenvalue weighted by atomic mass is 10.1. The number of hydrogen-bond donors (Lipinski definition) is 3. The zero-order valence-electron chi connectivity index (χ0n) is 15.4. The second kappa shape index (κ2) is 9.33. The van der Waals surface area contributed by atoms with E-state index < -0.39 is 0 Å². The lowest BCUT2D eigenvalue weighted by molar-refractivity contribution is -0.113. The molecule has 0 aliphatic rings. The highest BCUT2D eigenvalue weighted by atomic mass is 32.2. The van der Waals surface area contributed by atoms with Gasteiger partial charge in [-0.1, -0.05) is 49.0 Å². The van der Waals surface area contributed by atoms with Crippen molar-refractivity contribution in [3.63, 3.8) is 0 Å². The molecule has 9 nitrogen and oxygen atoms in total. The first-order valence-electron chi connectivity index (χ1n) is 8.50. The van der Waals surface area contributed by atoms with Crippen LogP contribution in [0.15, 0.2) is 46.0 Å². The molecule has 0 unspecified atom stereocenters. The fourth-order valence-corrected chi connectivity index (χ4v) is 3.61. The third-order valence-corrected chi connectivity index (χ3v) is 5.41.